The van der Waals surface area contributed by atoms with Gasteiger partial charge in [-0.25, -0.2) is 9.07 Å². The van der Waals surface area contributed by atoms with E-state index in [0.29, 0.717) is 5.69 Å². The minimum Gasteiger partial charge on any atom is -0.387 e. The lowest BCUT2D eigenvalue weighted by molar-refractivity contribution is -0.117. The number of nitrogens with zero attached hydrogens (tertiary/aromatic N) is 3. The van der Waals surface area contributed by atoms with E-state index in [4.69, 9.17) is 11.6 Å². The van der Waals surface area contributed by atoms with Crippen LogP contribution >= 0.6 is 11.6 Å². The molecule has 1 amide bonds. The zero-order chi connectivity index (χ0) is 14.7. The summed E-state index contributed by atoms with van der Waals surface area (Å²) in [5, 5.41) is 19.3. The number of aliphatic hydroxyl groups excluding tert-OH is 1. The van der Waals surface area contributed by atoms with Gasteiger partial charge in [-0.3, -0.25) is 4.79 Å². The molecule has 0 bridgehead atoms. The molecule has 2 N–H and O–H groups in total. The fourth-order valence-corrected chi connectivity index (χ4v) is 1.67. The zero-order valence-electron chi connectivity index (χ0n) is 10.5. The maximum Gasteiger partial charge on any atom is 0.246 e. The van der Waals surface area contributed by atoms with E-state index in [2.05, 4.69) is 15.6 Å². The zero-order valence-corrected chi connectivity index (χ0v) is 11.3. The summed E-state index contributed by atoms with van der Waals surface area (Å²) in [5.74, 6) is -1.08. The second-order valence-corrected chi connectivity index (χ2v) is 4.63. The van der Waals surface area contributed by atoms with Crippen molar-refractivity contribution in [3.05, 3.63) is 40.9 Å². The van der Waals surface area contributed by atoms with Gasteiger partial charge in [0.2, 0.25) is 5.91 Å². The number of hydrogen-bond acceptors (Lipinski definition) is 4. The Balaban J connectivity index is 2.01. The quantitative estimate of drug-likeness (QED) is 0.901. The number of hydrogen-bond donors (Lipinski definition) is 2. The molecule has 2 aromatic rings. The molecule has 2 rings (SSSR count). The maximum absolute atomic E-state index is 13.5. The maximum atomic E-state index is 13.5. The molecule has 8 heteroatoms. The average molecular weight is 299 g/mol. The standard InChI is InChI=1S/C12H12ClFN4O2/c1-7(19)11-5-18(17-16-11)6-12(20)15-10-3-2-8(13)4-9(10)14/h2-5,7,19H,6H2,1H3,(H,15,20). The molecule has 1 heterocycles. The van der Waals surface area contributed by atoms with Crippen LogP contribution in [0.5, 0.6) is 0 Å². The molecule has 1 aromatic carbocycles. The van der Waals surface area contributed by atoms with Gasteiger partial charge in [0.1, 0.15) is 18.1 Å². The van der Waals surface area contributed by atoms with Gasteiger partial charge in [-0.1, -0.05) is 16.8 Å². The molecule has 106 valence electrons. The van der Waals surface area contributed by atoms with Gasteiger partial charge in [-0.05, 0) is 25.1 Å². The summed E-state index contributed by atoms with van der Waals surface area (Å²) >= 11 is 5.62. The topological polar surface area (TPSA) is 80.0 Å². The van der Waals surface area contributed by atoms with Crippen LogP contribution in [-0.2, 0) is 11.3 Å². The fraction of sp³-hybridized carbons (Fsp3) is 0.250. The highest BCUT2D eigenvalue weighted by atomic mass is 35.5. The van der Waals surface area contributed by atoms with E-state index >= 15 is 0 Å². The number of nitrogens with one attached hydrogen (secondary N) is 1. The molecular formula is C12H12ClFN4O2. The Labute approximate surface area is 119 Å². The predicted molar refractivity (Wildman–Crippen MR) is 70.7 cm³/mol. The number of carbonyl (C=O) groups excluding carboxylic acids is 1. The first kappa shape index (κ1) is 14.4. The molecule has 0 aliphatic heterocycles. The normalized spacial score (nSPS) is 12.2. The minimum atomic E-state index is -0.763. The van der Waals surface area contributed by atoms with Gasteiger partial charge >= 0.3 is 0 Å². The first-order valence-corrected chi connectivity index (χ1v) is 6.16. The Hall–Kier alpha value is -1.99. The Kier molecular flexibility index (Phi) is 4.31. The van der Waals surface area contributed by atoms with E-state index in [9.17, 15) is 14.3 Å². The largest absolute Gasteiger partial charge is 0.387 e. The molecule has 0 spiro atoms. The van der Waals surface area contributed by atoms with Crippen molar-refractivity contribution in [2.45, 2.75) is 19.6 Å². The van der Waals surface area contributed by atoms with E-state index in [1.54, 1.807) is 0 Å². The summed E-state index contributed by atoms with van der Waals surface area (Å²) in [6.45, 7) is 1.40. The first-order valence-electron chi connectivity index (χ1n) is 5.78. The van der Waals surface area contributed by atoms with Crippen molar-refractivity contribution in [1.82, 2.24) is 15.0 Å². The molecule has 1 atom stereocenters. The Morgan fingerprint density at radius 1 is 1.60 bits per heavy atom. The van der Waals surface area contributed by atoms with Gasteiger partial charge in [0.05, 0.1) is 18.0 Å². The molecular weight excluding hydrogens is 287 g/mol. The van der Waals surface area contributed by atoms with Gasteiger partial charge in [0, 0.05) is 5.02 Å². The summed E-state index contributed by atoms with van der Waals surface area (Å²) in [6, 6.07) is 3.96. The van der Waals surface area contributed by atoms with Crippen LogP contribution in [0.4, 0.5) is 10.1 Å². The van der Waals surface area contributed by atoms with E-state index in [0.717, 1.165) is 6.07 Å². The predicted octanol–water partition coefficient (Wildman–Crippen LogP) is 1.76. The molecule has 20 heavy (non-hydrogen) atoms. The number of rotatable bonds is 4. The third kappa shape index (κ3) is 3.52. The Morgan fingerprint density at radius 3 is 2.95 bits per heavy atom. The average Bonchev–Trinajstić information content (AvgIpc) is 2.81. The van der Waals surface area contributed by atoms with Crippen LogP contribution in [0.25, 0.3) is 0 Å². The summed E-state index contributed by atoms with van der Waals surface area (Å²) in [6.07, 6.45) is 0.683. The lowest BCUT2D eigenvalue weighted by atomic mass is 10.3. The molecule has 6 nitrogen and oxygen atoms in total. The van der Waals surface area contributed by atoms with Crippen LogP contribution in [0, 0.1) is 5.82 Å². The van der Waals surface area contributed by atoms with Crippen molar-refractivity contribution < 1.29 is 14.3 Å². The molecule has 0 aliphatic rings. The van der Waals surface area contributed by atoms with Crippen LogP contribution in [-0.4, -0.2) is 26.0 Å². The highest BCUT2D eigenvalue weighted by Crippen LogP contribution is 2.18. The summed E-state index contributed by atoms with van der Waals surface area (Å²) in [7, 11) is 0. The molecule has 0 saturated heterocycles. The Bertz CT molecular complexity index is 630. The SMILES string of the molecule is CC(O)c1cn(CC(=O)Nc2ccc(Cl)cc2F)nn1. The second kappa shape index (κ2) is 5.98. The lowest BCUT2D eigenvalue weighted by Gasteiger charge is -2.06. The number of benzene rings is 1. The number of aliphatic hydroxyl groups is 1. The minimum absolute atomic E-state index is 0.0373. The van der Waals surface area contributed by atoms with E-state index < -0.39 is 17.8 Å². The Morgan fingerprint density at radius 2 is 2.35 bits per heavy atom. The van der Waals surface area contributed by atoms with Gasteiger partial charge in [0.15, 0.2) is 0 Å². The van der Waals surface area contributed by atoms with Crippen molar-refractivity contribution >= 4 is 23.2 Å². The summed E-state index contributed by atoms with van der Waals surface area (Å²) in [4.78, 5) is 11.7. The number of halogens is 2. The monoisotopic (exact) mass is 298 g/mol. The third-order valence-corrected chi connectivity index (χ3v) is 2.73. The fourth-order valence-electron chi connectivity index (χ4n) is 1.51. The third-order valence-electron chi connectivity index (χ3n) is 2.50. The van der Waals surface area contributed by atoms with Crippen LogP contribution in [0.15, 0.2) is 24.4 Å². The number of carbonyl (C=O) groups is 1. The van der Waals surface area contributed by atoms with Crippen molar-refractivity contribution in [3.63, 3.8) is 0 Å². The highest BCUT2D eigenvalue weighted by Gasteiger charge is 2.11. The van der Waals surface area contributed by atoms with Gasteiger partial charge in [0.25, 0.3) is 0 Å². The number of amides is 1. The van der Waals surface area contributed by atoms with Crippen LogP contribution in [0.3, 0.4) is 0 Å². The van der Waals surface area contributed by atoms with Crippen molar-refractivity contribution in [3.8, 4) is 0 Å². The van der Waals surface area contributed by atoms with Crippen LogP contribution < -0.4 is 5.32 Å². The summed E-state index contributed by atoms with van der Waals surface area (Å²) < 4.78 is 14.7. The first-order chi connectivity index (χ1) is 9.45. The molecule has 1 aromatic heterocycles. The number of aromatic nitrogens is 3. The second-order valence-electron chi connectivity index (χ2n) is 4.19. The van der Waals surface area contributed by atoms with Crippen molar-refractivity contribution in [1.29, 1.82) is 0 Å². The highest BCUT2D eigenvalue weighted by molar-refractivity contribution is 6.30. The van der Waals surface area contributed by atoms with Crippen molar-refractivity contribution in [2.24, 2.45) is 0 Å². The van der Waals surface area contributed by atoms with Gasteiger partial charge < -0.3 is 10.4 Å². The van der Waals surface area contributed by atoms with E-state index in [1.165, 1.54) is 29.9 Å². The smallest absolute Gasteiger partial charge is 0.246 e. The van der Waals surface area contributed by atoms with Crippen LogP contribution in [0.1, 0.15) is 18.7 Å². The van der Waals surface area contributed by atoms with E-state index in [1.807, 2.05) is 0 Å². The van der Waals surface area contributed by atoms with Crippen LogP contribution in [0.2, 0.25) is 5.02 Å². The molecule has 0 aliphatic carbocycles. The van der Waals surface area contributed by atoms with Crippen molar-refractivity contribution in [2.75, 3.05) is 5.32 Å². The molecule has 0 radical (unpaired) electrons. The number of anilines is 1. The van der Waals surface area contributed by atoms with Gasteiger partial charge in [-0.2, -0.15) is 0 Å². The van der Waals surface area contributed by atoms with Gasteiger partial charge in [-0.15, -0.1) is 5.10 Å². The lowest BCUT2D eigenvalue weighted by Crippen LogP contribution is -2.19. The summed E-state index contributed by atoms with van der Waals surface area (Å²) in [5.41, 5.74) is 0.394. The van der Waals surface area contributed by atoms with E-state index in [-0.39, 0.29) is 17.3 Å². The molecule has 0 saturated carbocycles. The molecule has 1 unspecified atom stereocenters. The molecule has 0 fully saturated rings.